The highest BCUT2D eigenvalue weighted by atomic mass is 28.4. The van der Waals surface area contributed by atoms with Crippen LogP contribution in [-0.4, -0.2) is 85.6 Å². The van der Waals surface area contributed by atoms with Crippen molar-refractivity contribution in [2.75, 3.05) is 19.3 Å². The molecular formula is C27H53N3O6Si2. The maximum Gasteiger partial charge on any atom is 0.420 e. The highest BCUT2D eigenvalue weighted by Gasteiger charge is 2.62. The van der Waals surface area contributed by atoms with Gasteiger partial charge in [0.1, 0.15) is 5.60 Å². The zero-order valence-corrected chi connectivity index (χ0v) is 27.8. The van der Waals surface area contributed by atoms with Crippen LogP contribution in [0.25, 0.3) is 5.53 Å². The lowest BCUT2D eigenvalue weighted by Crippen LogP contribution is -2.65. The van der Waals surface area contributed by atoms with Crippen LogP contribution in [0.3, 0.4) is 0 Å². The molecule has 1 aliphatic carbocycles. The van der Waals surface area contributed by atoms with E-state index in [9.17, 15) is 20.2 Å². The second-order valence-corrected chi connectivity index (χ2v) is 23.7. The van der Waals surface area contributed by atoms with E-state index in [0.717, 1.165) is 6.42 Å². The average Bonchev–Trinajstić information content (AvgIpc) is 2.73. The molecule has 1 rings (SSSR count). The number of carbonyl (C=O) groups excluding carboxylic acids is 2. The molecule has 1 amide bonds. The molecule has 9 nitrogen and oxygen atoms in total. The smallest absolute Gasteiger partial charge is 0.420 e. The first kappa shape index (κ1) is 34.5. The zero-order valence-electron chi connectivity index (χ0n) is 25.8. The van der Waals surface area contributed by atoms with Crippen LogP contribution in [0.1, 0.15) is 73.1 Å². The van der Waals surface area contributed by atoms with Crippen molar-refractivity contribution in [2.24, 2.45) is 5.41 Å². The second kappa shape index (κ2) is 13.2. The lowest BCUT2D eigenvalue weighted by atomic mass is 9.60. The fourth-order valence-corrected chi connectivity index (χ4v) is 7.94. The minimum absolute atomic E-state index is 0.101. The Labute approximate surface area is 232 Å². The third-order valence-corrected chi connectivity index (χ3v) is 9.07. The van der Waals surface area contributed by atoms with Crippen molar-refractivity contribution in [1.29, 1.82) is 0 Å². The van der Waals surface area contributed by atoms with E-state index >= 15 is 0 Å². The van der Waals surface area contributed by atoms with Crippen molar-refractivity contribution in [3.8, 4) is 0 Å². The van der Waals surface area contributed by atoms with Gasteiger partial charge in [-0.05, 0) is 91.3 Å². The highest BCUT2D eigenvalue weighted by molar-refractivity contribution is 6.76. The Bertz CT molecular complexity index is 874. The van der Waals surface area contributed by atoms with Crippen molar-refractivity contribution in [3.63, 3.8) is 0 Å². The lowest BCUT2D eigenvalue weighted by molar-refractivity contribution is -0.161. The van der Waals surface area contributed by atoms with E-state index in [1.165, 1.54) is 0 Å². The van der Waals surface area contributed by atoms with Crippen molar-refractivity contribution in [2.45, 2.75) is 130 Å². The fraction of sp³-hybridized carbons (Fsp3) is 0.889. The highest BCUT2D eigenvalue weighted by Crippen LogP contribution is 2.50. The van der Waals surface area contributed by atoms with Crippen LogP contribution >= 0.6 is 0 Å². The van der Waals surface area contributed by atoms with Gasteiger partial charge in [-0.25, -0.2) is 9.59 Å². The summed E-state index contributed by atoms with van der Waals surface area (Å²) in [5.41, 5.74) is 6.61. The Morgan fingerprint density at radius 2 is 1.71 bits per heavy atom. The monoisotopic (exact) mass is 571 g/mol. The van der Waals surface area contributed by atoms with Gasteiger partial charge in [0, 0.05) is 12.7 Å². The Balaban J connectivity index is 3.37. The third kappa shape index (κ3) is 9.90. The third-order valence-electron chi connectivity index (χ3n) is 6.80. The van der Waals surface area contributed by atoms with Crippen LogP contribution in [0, 0.1) is 5.41 Å². The number of ether oxygens (including phenoxy) is 2. The molecule has 0 aromatic carbocycles. The molecule has 0 aromatic heterocycles. The predicted octanol–water partition coefficient (Wildman–Crippen LogP) is 5.65. The summed E-state index contributed by atoms with van der Waals surface area (Å²) in [7, 11) is -3.83. The van der Waals surface area contributed by atoms with Gasteiger partial charge in [-0.3, -0.25) is 0 Å². The summed E-state index contributed by atoms with van der Waals surface area (Å²) >= 11 is 0. The molecule has 2 unspecified atom stereocenters. The van der Waals surface area contributed by atoms with Crippen molar-refractivity contribution in [3.05, 3.63) is 5.53 Å². The molecule has 1 N–H and O–H groups in total. The number of nitrogens with zero attached hydrogens (tertiary/aromatic N) is 3. The number of aliphatic hydroxyl groups is 1. The van der Waals surface area contributed by atoms with E-state index < -0.39 is 50.8 Å². The first-order valence-corrected chi connectivity index (χ1v) is 21.1. The average molecular weight is 572 g/mol. The van der Waals surface area contributed by atoms with Gasteiger partial charge in [0.05, 0.1) is 20.8 Å². The van der Waals surface area contributed by atoms with Crippen LogP contribution in [0.5, 0.6) is 0 Å². The van der Waals surface area contributed by atoms with Gasteiger partial charge in [0.2, 0.25) is 0 Å². The number of hydrogen-bond acceptors (Lipinski definition) is 6. The maximum absolute atomic E-state index is 13.1. The topological polar surface area (TPSA) is 122 Å². The van der Waals surface area contributed by atoms with Gasteiger partial charge < -0.3 is 29.4 Å². The molecular weight excluding hydrogens is 518 g/mol. The van der Waals surface area contributed by atoms with Gasteiger partial charge in [-0.1, -0.05) is 26.6 Å². The number of esters is 1. The Morgan fingerprint density at radius 3 is 2.16 bits per heavy atom. The summed E-state index contributed by atoms with van der Waals surface area (Å²) in [4.78, 5) is 30.9. The molecule has 1 saturated carbocycles. The molecule has 1 fully saturated rings. The molecule has 0 bridgehead atoms. The van der Waals surface area contributed by atoms with E-state index in [-0.39, 0.29) is 19.1 Å². The summed E-state index contributed by atoms with van der Waals surface area (Å²) < 4.78 is 17.5. The molecule has 0 heterocycles. The summed E-state index contributed by atoms with van der Waals surface area (Å²) in [6, 6.07) is 0. The molecule has 0 aliphatic heterocycles. The molecule has 0 saturated heterocycles. The SMILES string of the molecule is CCOC(=O)C(=[N+]=[N-])C1(O)CCC[C@@](CC)(CCCN(C[Si](C)(C)C)C(=O)OC(C)(C)C)C1O[Si](C)(C)C. The van der Waals surface area contributed by atoms with Crippen LogP contribution < -0.4 is 0 Å². The standard InChI is InChI=1S/C27H53N3O6Si2/c1-12-26(17-15-19-30(20-37(6,7)8)24(32)35-25(3,4)5)16-14-18-27(33,23(26)36-38(9,10)11)21(29-28)22(31)34-13-2/h23,33H,12-20H2,1-11H3/t23?,26-,27?/m0/s1. The van der Waals surface area contributed by atoms with Crippen LogP contribution in [0.15, 0.2) is 0 Å². The first-order chi connectivity index (χ1) is 17.2. The number of hydrogen-bond donors (Lipinski definition) is 1. The van der Waals surface area contributed by atoms with E-state index in [0.29, 0.717) is 38.4 Å². The Hall–Kier alpha value is -1.53. The minimum Gasteiger partial charge on any atom is -0.457 e. The summed E-state index contributed by atoms with van der Waals surface area (Å²) in [6.45, 7) is 22.8. The largest absolute Gasteiger partial charge is 0.457 e. The number of carbonyl (C=O) groups is 2. The molecule has 0 aromatic rings. The molecule has 1 aliphatic rings. The molecule has 11 heteroatoms. The van der Waals surface area contributed by atoms with Crippen LogP contribution in [0.2, 0.25) is 39.3 Å². The lowest BCUT2D eigenvalue weighted by Gasteiger charge is -2.52. The summed E-state index contributed by atoms with van der Waals surface area (Å²) in [5, 5.41) is 12.0. The van der Waals surface area contributed by atoms with E-state index in [1.54, 1.807) is 6.92 Å². The fourth-order valence-electron chi connectivity index (χ4n) is 5.35. The summed E-state index contributed by atoms with van der Waals surface area (Å²) in [5.74, 6) is -0.834. The van der Waals surface area contributed by atoms with Crippen LogP contribution in [-0.2, 0) is 18.7 Å². The van der Waals surface area contributed by atoms with Crippen LogP contribution in [0.4, 0.5) is 4.79 Å². The van der Waals surface area contributed by atoms with Crippen molar-refractivity contribution >= 4 is 34.2 Å². The normalized spacial score (nSPS) is 24.4. The Morgan fingerprint density at radius 1 is 1.11 bits per heavy atom. The zero-order chi connectivity index (χ0) is 29.6. The predicted molar refractivity (Wildman–Crippen MR) is 155 cm³/mol. The van der Waals surface area contributed by atoms with E-state index in [2.05, 4.69) is 31.4 Å². The van der Waals surface area contributed by atoms with E-state index in [1.807, 2.05) is 45.3 Å². The van der Waals surface area contributed by atoms with Crippen molar-refractivity contribution < 1.29 is 33.4 Å². The van der Waals surface area contributed by atoms with Gasteiger partial charge >= 0.3 is 17.8 Å². The maximum atomic E-state index is 13.1. The molecule has 0 spiro atoms. The van der Waals surface area contributed by atoms with Gasteiger partial charge in [0.25, 0.3) is 0 Å². The van der Waals surface area contributed by atoms with E-state index in [4.69, 9.17) is 13.9 Å². The Kier molecular flexibility index (Phi) is 12.0. The van der Waals surface area contributed by atoms with Gasteiger partial charge in [-0.2, -0.15) is 4.79 Å². The number of rotatable bonds is 12. The summed E-state index contributed by atoms with van der Waals surface area (Å²) in [6.07, 6.45) is 3.36. The molecule has 220 valence electrons. The molecule has 0 radical (unpaired) electrons. The van der Waals surface area contributed by atoms with Crippen molar-refractivity contribution in [1.82, 2.24) is 4.90 Å². The second-order valence-electron chi connectivity index (χ2n) is 13.8. The molecule has 38 heavy (non-hydrogen) atoms. The number of amides is 1. The van der Waals surface area contributed by atoms with Gasteiger partial charge in [-0.15, -0.1) is 0 Å². The molecule has 3 atom stereocenters. The quantitative estimate of drug-likeness (QED) is 0.106. The van der Waals surface area contributed by atoms with Gasteiger partial charge in [0.15, 0.2) is 13.9 Å². The minimum atomic E-state index is -2.22. The first-order valence-electron chi connectivity index (χ1n) is 14.0.